The second-order valence-corrected chi connectivity index (χ2v) is 9.00. The van der Waals surface area contributed by atoms with Gasteiger partial charge in [-0.1, -0.05) is 42.0 Å². The van der Waals surface area contributed by atoms with Crippen LogP contribution < -0.4 is 14.5 Å². The van der Waals surface area contributed by atoms with Crippen molar-refractivity contribution in [1.29, 1.82) is 0 Å². The summed E-state index contributed by atoms with van der Waals surface area (Å²) < 4.78 is 33.1. The molecule has 0 spiro atoms. The number of hydrogen-bond acceptors (Lipinski definition) is 7. The lowest BCUT2D eigenvalue weighted by molar-refractivity contribution is -0.384. The summed E-state index contributed by atoms with van der Waals surface area (Å²) >= 11 is 0. The topological polar surface area (TPSA) is 131 Å². The van der Waals surface area contributed by atoms with Gasteiger partial charge in [-0.2, -0.15) is 5.10 Å². The molecule has 0 aliphatic heterocycles. The molecule has 3 aromatic rings. The molecule has 0 radical (unpaired) electrons. The predicted molar refractivity (Wildman–Crippen MR) is 128 cm³/mol. The van der Waals surface area contributed by atoms with Gasteiger partial charge in [0, 0.05) is 17.7 Å². The van der Waals surface area contributed by atoms with Crippen LogP contribution in [0.4, 0.5) is 11.4 Å². The molecule has 0 unspecified atom stereocenters. The molecular weight excluding hydrogens is 460 g/mol. The summed E-state index contributed by atoms with van der Waals surface area (Å²) in [6.45, 7) is 1.25. The van der Waals surface area contributed by atoms with Gasteiger partial charge in [-0.05, 0) is 31.2 Å². The quantitative estimate of drug-likeness (QED) is 0.283. The number of hydrazone groups is 1. The zero-order valence-corrected chi connectivity index (χ0v) is 19.2. The maximum absolute atomic E-state index is 13.4. The third-order valence-corrected chi connectivity index (χ3v) is 6.51. The zero-order valence-electron chi connectivity index (χ0n) is 18.4. The number of amides is 1. The van der Waals surface area contributed by atoms with Crippen molar-refractivity contribution in [2.45, 2.75) is 11.8 Å². The number of carbonyl (C=O) groups excluding carboxylic acids is 1. The average Bonchev–Trinajstić information content (AvgIpc) is 2.83. The highest BCUT2D eigenvalue weighted by Crippen LogP contribution is 2.32. The molecule has 0 saturated heterocycles. The Bertz CT molecular complexity index is 1320. The zero-order chi connectivity index (χ0) is 24.7. The van der Waals surface area contributed by atoms with Gasteiger partial charge >= 0.3 is 0 Å². The molecule has 0 aromatic heterocycles. The van der Waals surface area contributed by atoms with Crippen LogP contribution in [0.5, 0.6) is 5.75 Å². The lowest BCUT2D eigenvalue weighted by Gasteiger charge is -2.25. The van der Waals surface area contributed by atoms with Gasteiger partial charge in [0.1, 0.15) is 12.3 Å². The van der Waals surface area contributed by atoms with E-state index in [1.54, 1.807) is 36.4 Å². The Morgan fingerprint density at radius 2 is 1.82 bits per heavy atom. The van der Waals surface area contributed by atoms with Crippen molar-refractivity contribution >= 4 is 33.5 Å². The Morgan fingerprint density at radius 1 is 1.12 bits per heavy atom. The lowest BCUT2D eigenvalue weighted by atomic mass is 10.2. The first-order valence-corrected chi connectivity index (χ1v) is 11.4. The van der Waals surface area contributed by atoms with Crippen LogP contribution in [0.1, 0.15) is 11.1 Å². The van der Waals surface area contributed by atoms with Crippen LogP contribution in [0, 0.1) is 17.0 Å². The smallest absolute Gasteiger partial charge is 0.270 e. The number of non-ortho nitro benzene ring substituents is 1. The second kappa shape index (κ2) is 10.6. The third kappa shape index (κ3) is 5.75. The molecule has 1 amide bonds. The minimum Gasteiger partial charge on any atom is -0.495 e. The highest BCUT2D eigenvalue weighted by atomic mass is 32.2. The molecule has 0 aliphatic carbocycles. The van der Waals surface area contributed by atoms with E-state index in [9.17, 15) is 23.3 Å². The summed E-state index contributed by atoms with van der Waals surface area (Å²) in [5.41, 5.74) is 3.60. The number of aryl methyl sites for hydroxylation is 1. The molecular formula is C23H22N4O6S. The van der Waals surface area contributed by atoms with E-state index < -0.39 is 27.4 Å². The Hall–Kier alpha value is -4.25. The van der Waals surface area contributed by atoms with Gasteiger partial charge in [0.15, 0.2) is 0 Å². The van der Waals surface area contributed by atoms with Crippen molar-refractivity contribution in [3.8, 4) is 5.75 Å². The molecule has 34 heavy (non-hydrogen) atoms. The first-order valence-electron chi connectivity index (χ1n) is 10.0. The van der Waals surface area contributed by atoms with E-state index >= 15 is 0 Å². The third-order valence-electron chi connectivity index (χ3n) is 4.73. The summed E-state index contributed by atoms with van der Waals surface area (Å²) in [7, 11) is -2.72. The fourth-order valence-electron chi connectivity index (χ4n) is 3.04. The van der Waals surface area contributed by atoms with Gasteiger partial charge in [0.25, 0.3) is 21.6 Å². The monoisotopic (exact) mass is 482 g/mol. The van der Waals surface area contributed by atoms with E-state index in [0.29, 0.717) is 5.56 Å². The number of benzene rings is 3. The van der Waals surface area contributed by atoms with Gasteiger partial charge in [-0.3, -0.25) is 19.2 Å². The average molecular weight is 483 g/mol. The Balaban J connectivity index is 1.87. The largest absolute Gasteiger partial charge is 0.495 e. The normalized spacial score (nSPS) is 11.2. The standard InChI is InChI=1S/C23H22N4O6S/c1-17-10-12-20(13-11-17)34(31,32)26(21-8-3-4-9-22(21)33-2)16-23(28)25-24-15-18-6-5-7-19(14-18)27(29)30/h3-15H,16H2,1-2H3,(H,25,28)/b24-15-. The van der Waals surface area contributed by atoms with E-state index in [4.69, 9.17) is 4.74 Å². The molecule has 11 heteroatoms. The Kier molecular flexibility index (Phi) is 7.59. The van der Waals surface area contributed by atoms with Crippen molar-refractivity contribution < 1.29 is 22.9 Å². The molecule has 0 bridgehead atoms. The predicted octanol–water partition coefficient (Wildman–Crippen LogP) is 3.26. The number of ether oxygens (including phenoxy) is 1. The number of hydrogen-bond donors (Lipinski definition) is 1. The molecule has 176 valence electrons. The highest BCUT2D eigenvalue weighted by molar-refractivity contribution is 7.92. The minimum absolute atomic E-state index is 0.0110. The first kappa shape index (κ1) is 24.4. The van der Waals surface area contributed by atoms with Gasteiger partial charge in [0.05, 0.1) is 28.8 Å². The molecule has 0 aliphatic rings. The number of nitro groups is 1. The number of rotatable bonds is 9. The fourth-order valence-corrected chi connectivity index (χ4v) is 4.47. The summed E-state index contributed by atoms with van der Waals surface area (Å²) in [5, 5.41) is 14.7. The first-order chi connectivity index (χ1) is 16.2. The van der Waals surface area contributed by atoms with Crippen LogP contribution in [0.25, 0.3) is 0 Å². The maximum atomic E-state index is 13.4. The fraction of sp³-hybridized carbons (Fsp3) is 0.130. The number of nitro benzene ring substituents is 1. The van der Waals surface area contributed by atoms with Crippen molar-refractivity contribution in [3.05, 3.63) is 94.0 Å². The molecule has 1 N–H and O–H groups in total. The number of nitrogens with one attached hydrogen (secondary N) is 1. The molecule has 3 aromatic carbocycles. The molecule has 10 nitrogen and oxygen atoms in total. The van der Waals surface area contributed by atoms with Crippen LogP contribution >= 0.6 is 0 Å². The maximum Gasteiger partial charge on any atom is 0.270 e. The summed E-state index contributed by atoms with van der Waals surface area (Å²) in [6, 6.07) is 18.4. The summed E-state index contributed by atoms with van der Waals surface area (Å²) in [5.74, 6) is -0.450. The van der Waals surface area contributed by atoms with E-state index in [1.807, 2.05) is 6.92 Å². The van der Waals surface area contributed by atoms with Gasteiger partial charge in [-0.25, -0.2) is 13.8 Å². The van der Waals surface area contributed by atoms with E-state index in [2.05, 4.69) is 10.5 Å². The van der Waals surface area contributed by atoms with Crippen molar-refractivity contribution in [1.82, 2.24) is 5.43 Å². The van der Waals surface area contributed by atoms with Crippen LogP contribution in [-0.2, 0) is 14.8 Å². The van der Waals surface area contributed by atoms with Crippen molar-refractivity contribution in [3.63, 3.8) is 0 Å². The number of nitrogens with zero attached hydrogens (tertiary/aromatic N) is 3. The number of para-hydroxylation sites is 2. The minimum atomic E-state index is -4.13. The van der Waals surface area contributed by atoms with Crippen LogP contribution in [0.3, 0.4) is 0 Å². The highest BCUT2D eigenvalue weighted by Gasteiger charge is 2.29. The van der Waals surface area contributed by atoms with Gasteiger partial charge in [-0.15, -0.1) is 0 Å². The molecule has 0 heterocycles. The Morgan fingerprint density at radius 3 is 2.50 bits per heavy atom. The van der Waals surface area contributed by atoms with E-state index in [0.717, 1.165) is 9.87 Å². The van der Waals surface area contributed by atoms with Crippen molar-refractivity contribution in [2.24, 2.45) is 5.10 Å². The molecule has 0 fully saturated rings. The molecule has 0 atom stereocenters. The SMILES string of the molecule is COc1ccccc1N(CC(=O)N/N=C\c1cccc([N+](=O)[O-])c1)S(=O)(=O)c1ccc(C)cc1. The Labute approximate surface area is 196 Å². The van der Waals surface area contributed by atoms with E-state index in [1.165, 1.54) is 49.7 Å². The summed E-state index contributed by atoms with van der Waals surface area (Å²) in [4.78, 5) is 23.0. The lowest BCUT2D eigenvalue weighted by Crippen LogP contribution is -2.39. The molecule has 3 rings (SSSR count). The number of methoxy groups -OCH3 is 1. The second-order valence-electron chi connectivity index (χ2n) is 7.14. The van der Waals surface area contributed by atoms with Crippen LogP contribution in [0.15, 0.2) is 82.8 Å². The number of sulfonamides is 1. The number of carbonyl (C=O) groups is 1. The van der Waals surface area contributed by atoms with Crippen molar-refractivity contribution in [2.75, 3.05) is 18.0 Å². The van der Waals surface area contributed by atoms with Gasteiger partial charge in [0.2, 0.25) is 0 Å². The van der Waals surface area contributed by atoms with Crippen LogP contribution in [0.2, 0.25) is 0 Å². The number of anilines is 1. The van der Waals surface area contributed by atoms with Gasteiger partial charge < -0.3 is 4.74 Å². The van der Waals surface area contributed by atoms with E-state index in [-0.39, 0.29) is 22.0 Å². The van der Waals surface area contributed by atoms with Crippen LogP contribution in [-0.4, -0.2) is 39.1 Å². The summed E-state index contributed by atoms with van der Waals surface area (Å²) in [6.07, 6.45) is 1.23. The molecule has 0 saturated carbocycles.